The zero-order valence-corrected chi connectivity index (χ0v) is 10.7. The third-order valence-electron chi connectivity index (χ3n) is 2.78. The zero-order chi connectivity index (χ0) is 12.7. The van der Waals surface area contributed by atoms with Crippen LogP contribution in [0.1, 0.15) is 37.7 Å². The molecule has 0 fully saturated rings. The van der Waals surface area contributed by atoms with Gasteiger partial charge in [0.25, 0.3) is 0 Å². The monoisotopic (exact) mass is 238 g/mol. The molecular formula is C13H22N2O2. The van der Waals surface area contributed by atoms with Crippen molar-refractivity contribution in [3.8, 4) is 0 Å². The van der Waals surface area contributed by atoms with Crippen molar-refractivity contribution < 1.29 is 9.21 Å². The van der Waals surface area contributed by atoms with Crippen molar-refractivity contribution in [2.24, 2.45) is 11.7 Å². The fourth-order valence-corrected chi connectivity index (χ4v) is 1.66. The van der Waals surface area contributed by atoms with E-state index in [-0.39, 0.29) is 5.91 Å². The first-order valence-electron chi connectivity index (χ1n) is 6.14. The molecule has 0 radical (unpaired) electrons. The van der Waals surface area contributed by atoms with Crippen molar-refractivity contribution >= 4 is 5.91 Å². The molecule has 1 aromatic rings. The first kappa shape index (κ1) is 13.8. The Morgan fingerprint density at radius 1 is 1.47 bits per heavy atom. The summed E-state index contributed by atoms with van der Waals surface area (Å²) in [5, 5.41) is 2.85. The molecule has 1 aromatic heterocycles. The van der Waals surface area contributed by atoms with E-state index in [9.17, 15) is 4.79 Å². The fraction of sp³-hybridized carbons (Fsp3) is 0.615. The van der Waals surface area contributed by atoms with Crippen LogP contribution in [0.5, 0.6) is 0 Å². The summed E-state index contributed by atoms with van der Waals surface area (Å²) in [7, 11) is 0. The lowest BCUT2D eigenvalue weighted by Crippen LogP contribution is -2.23. The van der Waals surface area contributed by atoms with Crippen LogP contribution < -0.4 is 11.1 Å². The summed E-state index contributed by atoms with van der Waals surface area (Å²) in [6.45, 7) is 5.17. The highest BCUT2D eigenvalue weighted by atomic mass is 16.3. The molecule has 96 valence electrons. The van der Waals surface area contributed by atoms with Gasteiger partial charge in [0.1, 0.15) is 11.5 Å². The molecular weight excluding hydrogens is 216 g/mol. The Bertz CT molecular complexity index is 347. The standard InChI is InChI=1S/C13H22N2O2/c1-10(7-8-14)3-6-13(16)15-9-12-5-4-11(2)17-12/h4-5,10H,3,6-9,14H2,1-2H3,(H,15,16). The Morgan fingerprint density at radius 3 is 2.82 bits per heavy atom. The number of carbonyl (C=O) groups is 1. The third kappa shape index (κ3) is 5.54. The number of hydrogen-bond donors (Lipinski definition) is 2. The van der Waals surface area contributed by atoms with Crippen molar-refractivity contribution in [3.63, 3.8) is 0 Å². The number of hydrogen-bond acceptors (Lipinski definition) is 3. The van der Waals surface area contributed by atoms with Gasteiger partial charge >= 0.3 is 0 Å². The summed E-state index contributed by atoms with van der Waals surface area (Å²) in [5.41, 5.74) is 5.46. The maximum absolute atomic E-state index is 11.5. The van der Waals surface area contributed by atoms with Crippen LogP contribution in [-0.4, -0.2) is 12.5 Å². The second kappa shape index (κ2) is 7.12. The van der Waals surface area contributed by atoms with Crippen molar-refractivity contribution in [3.05, 3.63) is 23.7 Å². The Balaban J connectivity index is 2.17. The molecule has 0 aliphatic carbocycles. The molecule has 1 atom stereocenters. The highest BCUT2D eigenvalue weighted by Gasteiger charge is 2.07. The zero-order valence-electron chi connectivity index (χ0n) is 10.7. The molecule has 0 aromatic carbocycles. The van der Waals surface area contributed by atoms with Gasteiger partial charge in [0, 0.05) is 6.42 Å². The summed E-state index contributed by atoms with van der Waals surface area (Å²) in [4.78, 5) is 11.5. The van der Waals surface area contributed by atoms with E-state index < -0.39 is 0 Å². The lowest BCUT2D eigenvalue weighted by Gasteiger charge is -2.09. The number of amides is 1. The van der Waals surface area contributed by atoms with Gasteiger partial charge in [-0.3, -0.25) is 4.79 Å². The minimum absolute atomic E-state index is 0.0722. The van der Waals surface area contributed by atoms with Crippen LogP contribution in [0.15, 0.2) is 16.5 Å². The molecule has 3 N–H and O–H groups in total. The first-order chi connectivity index (χ1) is 8.11. The molecule has 4 nitrogen and oxygen atoms in total. The molecule has 0 aliphatic rings. The van der Waals surface area contributed by atoms with E-state index in [1.807, 2.05) is 19.1 Å². The van der Waals surface area contributed by atoms with E-state index in [0.717, 1.165) is 24.4 Å². The van der Waals surface area contributed by atoms with Crippen LogP contribution in [0.3, 0.4) is 0 Å². The molecule has 17 heavy (non-hydrogen) atoms. The summed E-state index contributed by atoms with van der Waals surface area (Å²) in [6.07, 6.45) is 2.42. The van der Waals surface area contributed by atoms with Crippen LogP contribution in [0.4, 0.5) is 0 Å². The summed E-state index contributed by atoms with van der Waals surface area (Å²) in [6, 6.07) is 3.78. The van der Waals surface area contributed by atoms with E-state index in [0.29, 0.717) is 25.4 Å². The largest absolute Gasteiger partial charge is 0.465 e. The number of nitrogens with two attached hydrogens (primary N) is 1. The molecule has 0 aliphatic heterocycles. The maximum Gasteiger partial charge on any atom is 0.220 e. The number of carbonyl (C=O) groups excluding carboxylic acids is 1. The van der Waals surface area contributed by atoms with Crippen LogP contribution >= 0.6 is 0 Å². The molecule has 0 saturated carbocycles. The van der Waals surface area contributed by atoms with E-state index in [2.05, 4.69) is 12.2 Å². The van der Waals surface area contributed by atoms with Gasteiger partial charge in [-0.2, -0.15) is 0 Å². The quantitative estimate of drug-likeness (QED) is 0.763. The molecule has 0 spiro atoms. The van der Waals surface area contributed by atoms with Gasteiger partial charge in [-0.1, -0.05) is 6.92 Å². The topological polar surface area (TPSA) is 68.3 Å². The summed E-state index contributed by atoms with van der Waals surface area (Å²) < 4.78 is 5.37. The predicted molar refractivity (Wildman–Crippen MR) is 67.4 cm³/mol. The van der Waals surface area contributed by atoms with Gasteiger partial charge in [0.05, 0.1) is 6.54 Å². The number of furan rings is 1. The Morgan fingerprint density at radius 2 is 2.24 bits per heavy atom. The predicted octanol–water partition coefficient (Wildman–Crippen LogP) is 1.97. The molecule has 4 heteroatoms. The first-order valence-corrected chi connectivity index (χ1v) is 6.14. The lowest BCUT2D eigenvalue weighted by molar-refractivity contribution is -0.121. The average molecular weight is 238 g/mol. The average Bonchev–Trinajstić information content (AvgIpc) is 2.70. The van der Waals surface area contributed by atoms with Gasteiger partial charge < -0.3 is 15.5 Å². The van der Waals surface area contributed by atoms with Crippen LogP contribution in [0.25, 0.3) is 0 Å². The van der Waals surface area contributed by atoms with Crippen LogP contribution in [-0.2, 0) is 11.3 Å². The molecule has 1 amide bonds. The van der Waals surface area contributed by atoms with Crippen LogP contribution in [0, 0.1) is 12.8 Å². The highest BCUT2D eigenvalue weighted by Crippen LogP contribution is 2.09. The van der Waals surface area contributed by atoms with Crippen molar-refractivity contribution in [1.29, 1.82) is 0 Å². The molecule has 1 heterocycles. The highest BCUT2D eigenvalue weighted by molar-refractivity contribution is 5.75. The van der Waals surface area contributed by atoms with Crippen molar-refractivity contribution in [2.45, 2.75) is 39.7 Å². The van der Waals surface area contributed by atoms with Crippen LogP contribution in [0.2, 0.25) is 0 Å². The smallest absolute Gasteiger partial charge is 0.220 e. The van der Waals surface area contributed by atoms with Gasteiger partial charge in [0.2, 0.25) is 5.91 Å². The minimum Gasteiger partial charge on any atom is -0.465 e. The third-order valence-corrected chi connectivity index (χ3v) is 2.78. The molecule has 0 bridgehead atoms. The second-order valence-electron chi connectivity index (χ2n) is 4.51. The Kier molecular flexibility index (Phi) is 5.77. The lowest BCUT2D eigenvalue weighted by atomic mass is 10.0. The molecule has 1 unspecified atom stereocenters. The maximum atomic E-state index is 11.5. The summed E-state index contributed by atoms with van der Waals surface area (Å²) in [5.74, 6) is 2.25. The SMILES string of the molecule is Cc1ccc(CNC(=O)CCC(C)CCN)o1. The van der Waals surface area contributed by atoms with E-state index in [4.69, 9.17) is 10.2 Å². The van der Waals surface area contributed by atoms with E-state index in [1.54, 1.807) is 0 Å². The van der Waals surface area contributed by atoms with Crippen molar-refractivity contribution in [2.75, 3.05) is 6.54 Å². The Hall–Kier alpha value is -1.29. The number of aryl methyl sites for hydroxylation is 1. The summed E-state index contributed by atoms with van der Waals surface area (Å²) >= 11 is 0. The second-order valence-corrected chi connectivity index (χ2v) is 4.51. The van der Waals surface area contributed by atoms with Gasteiger partial charge in [0.15, 0.2) is 0 Å². The number of nitrogens with one attached hydrogen (secondary N) is 1. The van der Waals surface area contributed by atoms with Crippen molar-refractivity contribution in [1.82, 2.24) is 5.32 Å². The van der Waals surface area contributed by atoms with Gasteiger partial charge in [-0.25, -0.2) is 0 Å². The van der Waals surface area contributed by atoms with Gasteiger partial charge in [-0.05, 0) is 44.4 Å². The van der Waals surface area contributed by atoms with E-state index >= 15 is 0 Å². The van der Waals surface area contributed by atoms with E-state index in [1.165, 1.54) is 0 Å². The molecule has 0 saturated heterocycles. The fourth-order valence-electron chi connectivity index (χ4n) is 1.66. The number of rotatable bonds is 7. The normalized spacial score (nSPS) is 12.4. The molecule has 1 rings (SSSR count). The Labute approximate surface area is 103 Å². The van der Waals surface area contributed by atoms with Gasteiger partial charge in [-0.15, -0.1) is 0 Å². The minimum atomic E-state index is 0.0722.